The second-order valence-electron chi connectivity index (χ2n) is 6.34. The second kappa shape index (κ2) is 8.15. The maximum absolute atomic E-state index is 12.1. The maximum atomic E-state index is 12.1. The minimum absolute atomic E-state index is 0.314. The Morgan fingerprint density at radius 2 is 2.14 bits per heavy atom. The van der Waals surface area contributed by atoms with Crippen LogP contribution in [0.1, 0.15) is 32.1 Å². The van der Waals surface area contributed by atoms with Gasteiger partial charge in [-0.2, -0.15) is 13.2 Å². The highest BCUT2D eigenvalue weighted by Crippen LogP contribution is 2.21. The highest BCUT2D eigenvalue weighted by atomic mass is 19.4. The first kappa shape index (κ1) is 17.5. The number of halogens is 3. The molecule has 0 aliphatic carbocycles. The Hall–Kier alpha value is -0.820. The third-order valence-electron chi connectivity index (χ3n) is 4.45. The number of carbonyl (C=O) groups is 1. The maximum Gasteiger partial charge on any atom is 0.405 e. The van der Waals surface area contributed by atoms with Crippen LogP contribution < -0.4 is 5.32 Å². The molecule has 0 aromatic heterocycles. The predicted octanol–water partition coefficient (Wildman–Crippen LogP) is 2.19. The molecule has 2 rings (SSSR count). The van der Waals surface area contributed by atoms with Gasteiger partial charge in [0.05, 0.1) is 5.92 Å². The Morgan fingerprint density at radius 1 is 1.32 bits per heavy atom. The van der Waals surface area contributed by atoms with Crippen molar-refractivity contribution in [1.29, 1.82) is 0 Å². The largest absolute Gasteiger partial charge is 0.405 e. The molecule has 0 spiro atoms. The molecule has 2 heterocycles. The molecule has 2 saturated heterocycles. The first-order chi connectivity index (χ1) is 10.4. The summed E-state index contributed by atoms with van der Waals surface area (Å²) in [5.74, 6) is -0.132. The van der Waals surface area contributed by atoms with Crippen LogP contribution in [0.4, 0.5) is 13.2 Å². The van der Waals surface area contributed by atoms with Gasteiger partial charge in [0.1, 0.15) is 6.54 Å². The summed E-state index contributed by atoms with van der Waals surface area (Å²) < 4.78 is 41.8. The quantitative estimate of drug-likeness (QED) is 0.815. The molecule has 0 bridgehead atoms. The minimum atomic E-state index is -4.34. The molecular weight excluding hydrogens is 297 g/mol. The molecule has 0 radical (unpaired) electrons. The van der Waals surface area contributed by atoms with E-state index in [0.717, 1.165) is 52.0 Å². The van der Waals surface area contributed by atoms with Gasteiger partial charge in [0.2, 0.25) is 5.91 Å². The first-order valence-electron chi connectivity index (χ1n) is 8.08. The molecular formula is C15H25F3N2O2. The third kappa shape index (κ3) is 6.12. The monoisotopic (exact) mass is 322 g/mol. The number of likely N-dealkylation sites (tertiary alicyclic amines) is 1. The number of ether oxygens (including phenoxy) is 1. The van der Waals surface area contributed by atoms with E-state index in [0.29, 0.717) is 18.9 Å². The second-order valence-corrected chi connectivity index (χ2v) is 6.34. The summed E-state index contributed by atoms with van der Waals surface area (Å²) >= 11 is 0. The first-order valence-corrected chi connectivity index (χ1v) is 8.08. The van der Waals surface area contributed by atoms with Crippen molar-refractivity contribution in [3.05, 3.63) is 0 Å². The number of hydrogen-bond acceptors (Lipinski definition) is 3. The Labute approximate surface area is 129 Å². The van der Waals surface area contributed by atoms with Crippen LogP contribution in [0.3, 0.4) is 0 Å². The van der Waals surface area contributed by atoms with Gasteiger partial charge in [-0.3, -0.25) is 4.79 Å². The lowest BCUT2D eigenvalue weighted by Gasteiger charge is -2.32. The average molecular weight is 322 g/mol. The van der Waals surface area contributed by atoms with E-state index in [2.05, 4.69) is 4.90 Å². The van der Waals surface area contributed by atoms with Crippen molar-refractivity contribution in [2.45, 2.75) is 38.3 Å². The van der Waals surface area contributed by atoms with Gasteiger partial charge < -0.3 is 15.0 Å². The zero-order chi connectivity index (χ0) is 16.0. The predicted molar refractivity (Wildman–Crippen MR) is 76.4 cm³/mol. The molecule has 7 heteroatoms. The number of nitrogens with zero attached hydrogens (tertiary/aromatic N) is 1. The summed E-state index contributed by atoms with van der Waals surface area (Å²) in [5, 5.41) is 2.01. The van der Waals surface area contributed by atoms with E-state index < -0.39 is 18.6 Å². The molecule has 2 fully saturated rings. The molecule has 1 amide bonds. The van der Waals surface area contributed by atoms with Crippen LogP contribution in [0.2, 0.25) is 0 Å². The fourth-order valence-electron chi connectivity index (χ4n) is 3.22. The van der Waals surface area contributed by atoms with Crippen LogP contribution in [0.5, 0.6) is 0 Å². The lowest BCUT2D eigenvalue weighted by molar-refractivity contribution is -0.141. The Morgan fingerprint density at radius 3 is 2.82 bits per heavy atom. The Bertz CT molecular complexity index is 357. The van der Waals surface area contributed by atoms with Crippen LogP contribution in [-0.2, 0) is 9.53 Å². The molecule has 22 heavy (non-hydrogen) atoms. The number of hydrogen-bond donors (Lipinski definition) is 1. The number of nitrogens with one attached hydrogen (secondary N) is 1. The fourth-order valence-corrected chi connectivity index (χ4v) is 3.22. The lowest BCUT2D eigenvalue weighted by atomic mass is 9.96. The average Bonchev–Trinajstić information content (AvgIpc) is 2.97. The number of alkyl halides is 3. The summed E-state index contributed by atoms with van der Waals surface area (Å²) in [4.78, 5) is 14.0. The number of amides is 1. The fraction of sp³-hybridized carbons (Fsp3) is 0.933. The van der Waals surface area contributed by atoms with Gasteiger partial charge in [-0.15, -0.1) is 0 Å². The molecule has 2 aliphatic rings. The van der Waals surface area contributed by atoms with Gasteiger partial charge in [-0.25, -0.2) is 0 Å². The zero-order valence-electron chi connectivity index (χ0n) is 12.8. The summed E-state index contributed by atoms with van der Waals surface area (Å²) in [6.45, 7) is 2.90. The van der Waals surface area contributed by atoms with E-state index in [1.165, 1.54) is 0 Å². The van der Waals surface area contributed by atoms with E-state index >= 15 is 0 Å². The molecule has 2 atom stereocenters. The molecule has 2 aliphatic heterocycles. The topological polar surface area (TPSA) is 41.6 Å². The van der Waals surface area contributed by atoms with Crippen molar-refractivity contribution >= 4 is 5.91 Å². The lowest BCUT2D eigenvalue weighted by Crippen LogP contribution is -2.45. The van der Waals surface area contributed by atoms with Crippen LogP contribution in [-0.4, -0.2) is 56.4 Å². The van der Waals surface area contributed by atoms with Gasteiger partial charge in [-0.1, -0.05) is 0 Å². The van der Waals surface area contributed by atoms with E-state index in [4.69, 9.17) is 4.74 Å². The molecule has 0 aromatic carbocycles. The van der Waals surface area contributed by atoms with Crippen molar-refractivity contribution in [3.63, 3.8) is 0 Å². The number of carbonyl (C=O) groups excluding carboxylic acids is 1. The molecule has 0 saturated carbocycles. The van der Waals surface area contributed by atoms with Crippen molar-refractivity contribution in [2.75, 3.05) is 39.4 Å². The number of rotatable bonds is 6. The van der Waals surface area contributed by atoms with Gasteiger partial charge >= 0.3 is 6.18 Å². The van der Waals surface area contributed by atoms with Crippen molar-refractivity contribution < 1.29 is 22.7 Å². The van der Waals surface area contributed by atoms with Crippen LogP contribution in [0.25, 0.3) is 0 Å². The van der Waals surface area contributed by atoms with E-state index in [1.54, 1.807) is 0 Å². The summed E-state index contributed by atoms with van der Waals surface area (Å²) in [6.07, 6.45) is 0.523. The summed E-state index contributed by atoms with van der Waals surface area (Å²) in [6, 6.07) is 0. The van der Waals surface area contributed by atoms with Crippen LogP contribution in [0, 0.1) is 11.8 Å². The van der Waals surface area contributed by atoms with Gasteiger partial charge in [-0.05, 0) is 51.1 Å². The van der Waals surface area contributed by atoms with Gasteiger partial charge in [0.15, 0.2) is 0 Å². The van der Waals surface area contributed by atoms with E-state index in [-0.39, 0.29) is 5.92 Å². The molecule has 128 valence electrons. The summed E-state index contributed by atoms with van der Waals surface area (Å²) in [7, 11) is 0. The van der Waals surface area contributed by atoms with E-state index in [1.807, 2.05) is 5.32 Å². The van der Waals surface area contributed by atoms with Crippen LogP contribution >= 0.6 is 0 Å². The Balaban J connectivity index is 1.65. The molecule has 0 unspecified atom stereocenters. The smallest absolute Gasteiger partial charge is 0.381 e. The van der Waals surface area contributed by atoms with Gasteiger partial charge in [0, 0.05) is 19.8 Å². The molecule has 4 nitrogen and oxygen atoms in total. The number of piperidine rings is 1. The van der Waals surface area contributed by atoms with Crippen molar-refractivity contribution in [2.24, 2.45) is 11.8 Å². The normalized spacial score (nSPS) is 27.0. The zero-order valence-corrected chi connectivity index (χ0v) is 12.8. The van der Waals surface area contributed by atoms with Crippen LogP contribution in [0.15, 0.2) is 0 Å². The minimum Gasteiger partial charge on any atom is -0.381 e. The van der Waals surface area contributed by atoms with Crippen molar-refractivity contribution in [1.82, 2.24) is 10.2 Å². The van der Waals surface area contributed by atoms with Crippen molar-refractivity contribution in [3.8, 4) is 0 Å². The third-order valence-corrected chi connectivity index (χ3v) is 4.45. The standard InChI is InChI=1S/C15H25F3N2O2/c16-15(17,18)11-19-14(21)13-4-2-7-20(9-13)6-1-3-12-5-8-22-10-12/h12-13H,1-11H2,(H,19,21)/t12-,13-/m1/s1. The summed E-state index contributed by atoms with van der Waals surface area (Å²) in [5.41, 5.74) is 0. The SMILES string of the molecule is O=C(NCC(F)(F)F)[C@@H]1CCCN(CCC[C@@H]2CCOC2)C1. The highest BCUT2D eigenvalue weighted by Gasteiger charge is 2.31. The Kier molecular flexibility index (Phi) is 6.50. The van der Waals surface area contributed by atoms with E-state index in [9.17, 15) is 18.0 Å². The van der Waals surface area contributed by atoms with Gasteiger partial charge in [0.25, 0.3) is 0 Å². The molecule has 0 aromatic rings. The molecule has 1 N–H and O–H groups in total. The highest BCUT2D eigenvalue weighted by molar-refractivity contribution is 5.79.